The molecule has 0 atom stereocenters. The average molecular weight is 223 g/mol. The fourth-order valence-electron chi connectivity index (χ4n) is 1.46. The summed E-state index contributed by atoms with van der Waals surface area (Å²) in [5, 5.41) is 11.7. The average Bonchev–Trinajstić information content (AvgIpc) is 2.22. The Morgan fingerprint density at radius 2 is 2.20 bits per heavy atom. The Morgan fingerprint density at radius 1 is 1.40 bits per heavy atom. The van der Waals surface area contributed by atoms with Gasteiger partial charge in [-0.1, -0.05) is 23.7 Å². The second kappa shape index (κ2) is 3.82. The third-order valence-corrected chi connectivity index (χ3v) is 2.46. The molecule has 15 heavy (non-hydrogen) atoms. The zero-order valence-corrected chi connectivity index (χ0v) is 8.44. The molecule has 0 bridgehead atoms. The molecule has 0 aliphatic heterocycles. The molecule has 0 saturated carbocycles. The molecule has 0 spiro atoms. The molecule has 2 aromatic rings. The Hall–Kier alpha value is -1.68. The van der Waals surface area contributed by atoms with Crippen molar-refractivity contribution in [2.24, 2.45) is 0 Å². The fraction of sp³-hybridized carbons (Fsp3) is 0.100. The second-order valence-corrected chi connectivity index (χ2v) is 3.50. The Kier molecular flexibility index (Phi) is 2.51. The number of halogens is 1. The number of aromatic nitrogens is 1. The summed E-state index contributed by atoms with van der Waals surface area (Å²) >= 11 is 5.90. The SMILES string of the molecule is O=[N+]([O-])Cc1c(Cl)ccc2cccnc12. The smallest absolute Gasteiger partial charge is 0.232 e. The standard InChI is InChI=1S/C10H7ClN2O2/c11-9-4-3-7-2-1-5-12-10(7)8(9)6-13(14)15/h1-5H,6H2. The van der Waals surface area contributed by atoms with Crippen LogP contribution in [-0.4, -0.2) is 9.91 Å². The van der Waals surface area contributed by atoms with Crippen LogP contribution in [0.4, 0.5) is 0 Å². The number of benzene rings is 1. The zero-order valence-electron chi connectivity index (χ0n) is 7.68. The summed E-state index contributed by atoms with van der Waals surface area (Å²) in [5.74, 6) is 0. The third kappa shape index (κ3) is 1.89. The molecule has 0 aliphatic carbocycles. The first-order valence-electron chi connectivity index (χ1n) is 4.32. The van der Waals surface area contributed by atoms with Gasteiger partial charge in [-0.2, -0.15) is 0 Å². The summed E-state index contributed by atoms with van der Waals surface area (Å²) in [4.78, 5) is 14.2. The van der Waals surface area contributed by atoms with Crippen LogP contribution < -0.4 is 0 Å². The zero-order chi connectivity index (χ0) is 10.8. The monoisotopic (exact) mass is 222 g/mol. The molecule has 0 N–H and O–H groups in total. The molecule has 5 heteroatoms. The van der Waals surface area contributed by atoms with Gasteiger partial charge < -0.3 is 0 Å². The Labute approximate surface area is 90.7 Å². The molecule has 76 valence electrons. The Morgan fingerprint density at radius 3 is 2.93 bits per heavy atom. The summed E-state index contributed by atoms with van der Waals surface area (Å²) < 4.78 is 0. The molecular weight excluding hydrogens is 216 g/mol. The van der Waals surface area contributed by atoms with Gasteiger partial charge in [-0.15, -0.1) is 0 Å². The first kappa shape index (κ1) is 9.86. The van der Waals surface area contributed by atoms with Crippen LogP contribution >= 0.6 is 11.6 Å². The van der Waals surface area contributed by atoms with Crippen molar-refractivity contribution in [3.63, 3.8) is 0 Å². The predicted octanol–water partition coefficient (Wildman–Crippen LogP) is 2.66. The van der Waals surface area contributed by atoms with E-state index in [1.165, 1.54) is 0 Å². The molecule has 2 rings (SSSR count). The van der Waals surface area contributed by atoms with Gasteiger partial charge >= 0.3 is 0 Å². The van der Waals surface area contributed by atoms with Crippen LogP contribution in [0.25, 0.3) is 10.9 Å². The maximum absolute atomic E-state index is 10.5. The van der Waals surface area contributed by atoms with Gasteiger partial charge in [0, 0.05) is 16.5 Å². The molecule has 0 saturated heterocycles. The summed E-state index contributed by atoms with van der Waals surface area (Å²) in [6.45, 7) is -0.298. The van der Waals surface area contributed by atoms with Gasteiger partial charge in [-0.25, -0.2) is 0 Å². The topological polar surface area (TPSA) is 56.0 Å². The van der Waals surface area contributed by atoms with Crippen molar-refractivity contribution in [1.29, 1.82) is 0 Å². The minimum Gasteiger partial charge on any atom is -0.264 e. The minimum absolute atomic E-state index is 0.298. The van der Waals surface area contributed by atoms with Crippen LogP contribution in [0.3, 0.4) is 0 Å². The number of rotatable bonds is 2. The molecule has 0 radical (unpaired) electrons. The first-order valence-corrected chi connectivity index (χ1v) is 4.70. The van der Waals surface area contributed by atoms with Gasteiger partial charge in [-0.05, 0) is 12.1 Å². The number of pyridine rings is 1. The molecule has 4 nitrogen and oxygen atoms in total. The van der Waals surface area contributed by atoms with Crippen molar-refractivity contribution in [2.75, 3.05) is 0 Å². The van der Waals surface area contributed by atoms with Crippen LogP contribution in [0, 0.1) is 10.1 Å². The van der Waals surface area contributed by atoms with E-state index in [0.717, 1.165) is 5.39 Å². The quantitative estimate of drug-likeness (QED) is 0.580. The van der Waals surface area contributed by atoms with Gasteiger partial charge in [0.15, 0.2) is 0 Å². The fourth-order valence-corrected chi connectivity index (χ4v) is 1.67. The normalized spacial score (nSPS) is 10.5. The summed E-state index contributed by atoms with van der Waals surface area (Å²) in [6.07, 6.45) is 1.60. The number of nitrogens with zero attached hydrogens (tertiary/aromatic N) is 2. The molecule has 1 aromatic carbocycles. The van der Waals surface area contributed by atoms with Crippen LogP contribution in [0.2, 0.25) is 5.02 Å². The van der Waals surface area contributed by atoms with Crippen molar-refractivity contribution in [2.45, 2.75) is 6.54 Å². The number of hydrogen-bond donors (Lipinski definition) is 0. The van der Waals surface area contributed by atoms with E-state index >= 15 is 0 Å². The van der Waals surface area contributed by atoms with Crippen LogP contribution in [0.5, 0.6) is 0 Å². The summed E-state index contributed by atoms with van der Waals surface area (Å²) in [6, 6.07) is 7.09. The van der Waals surface area contributed by atoms with E-state index in [9.17, 15) is 10.1 Å². The van der Waals surface area contributed by atoms with E-state index in [2.05, 4.69) is 4.98 Å². The molecule has 1 aromatic heterocycles. The summed E-state index contributed by atoms with van der Waals surface area (Å²) in [5.41, 5.74) is 1.07. The molecular formula is C10H7ClN2O2. The summed E-state index contributed by atoms with van der Waals surface area (Å²) in [7, 11) is 0. The largest absolute Gasteiger partial charge is 0.264 e. The number of nitro groups is 1. The van der Waals surface area contributed by atoms with Gasteiger partial charge in [0.2, 0.25) is 6.54 Å². The lowest BCUT2D eigenvalue weighted by atomic mass is 10.1. The molecule has 0 amide bonds. The van der Waals surface area contributed by atoms with Gasteiger partial charge in [0.25, 0.3) is 0 Å². The van der Waals surface area contributed by atoms with Crippen molar-refractivity contribution < 1.29 is 4.92 Å². The van der Waals surface area contributed by atoms with Gasteiger partial charge in [-0.3, -0.25) is 15.1 Å². The lowest BCUT2D eigenvalue weighted by Gasteiger charge is -2.03. The van der Waals surface area contributed by atoms with E-state index in [-0.39, 0.29) is 6.54 Å². The van der Waals surface area contributed by atoms with Crippen LogP contribution in [-0.2, 0) is 6.54 Å². The second-order valence-electron chi connectivity index (χ2n) is 3.09. The van der Waals surface area contributed by atoms with E-state index in [0.29, 0.717) is 16.1 Å². The van der Waals surface area contributed by atoms with Crippen molar-refractivity contribution in [3.05, 3.63) is 51.2 Å². The van der Waals surface area contributed by atoms with Crippen LogP contribution in [0.1, 0.15) is 5.56 Å². The highest BCUT2D eigenvalue weighted by Crippen LogP contribution is 2.24. The predicted molar refractivity (Wildman–Crippen MR) is 57.5 cm³/mol. The molecule has 0 aliphatic rings. The van der Waals surface area contributed by atoms with E-state index in [1.54, 1.807) is 24.4 Å². The van der Waals surface area contributed by atoms with Crippen molar-refractivity contribution in [1.82, 2.24) is 4.98 Å². The highest BCUT2D eigenvalue weighted by atomic mass is 35.5. The van der Waals surface area contributed by atoms with E-state index in [4.69, 9.17) is 11.6 Å². The van der Waals surface area contributed by atoms with Gasteiger partial charge in [0.05, 0.1) is 16.1 Å². The lowest BCUT2D eigenvalue weighted by molar-refractivity contribution is -0.496. The van der Waals surface area contributed by atoms with Crippen LogP contribution in [0.15, 0.2) is 30.5 Å². The van der Waals surface area contributed by atoms with Gasteiger partial charge in [0.1, 0.15) is 0 Å². The highest BCUT2D eigenvalue weighted by molar-refractivity contribution is 6.32. The molecule has 0 fully saturated rings. The van der Waals surface area contributed by atoms with E-state index < -0.39 is 4.92 Å². The Balaban J connectivity index is 2.68. The van der Waals surface area contributed by atoms with Crippen molar-refractivity contribution in [3.8, 4) is 0 Å². The maximum Gasteiger partial charge on any atom is 0.232 e. The number of hydrogen-bond acceptors (Lipinski definition) is 3. The molecule has 1 heterocycles. The molecule has 0 unspecified atom stereocenters. The third-order valence-electron chi connectivity index (χ3n) is 2.11. The Bertz CT molecular complexity index is 528. The minimum atomic E-state index is -0.407. The maximum atomic E-state index is 10.5. The number of fused-ring (bicyclic) bond motifs is 1. The first-order chi connectivity index (χ1) is 7.18. The van der Waals surface area contributed by atoms with E-state index in [1.807, 2.05) is 6.07 Å². The lowest BCUT2D eigenvalue weighted by Crippen LogP contribution is -2.00. The van der Waals surface area contributed by atoms with Crippen molar-refractivity contribution >= 4 is 22.5 Å². The highest BCUT2D eigenvalue weighted by Gasteiger charge is 2.12.